The first-order valence-electron chi connectivity index (χ1n) is 9.99. The number of ether oxygens (including phenoxy) is 1. The summed E-state index contributed by atoms with van der Waals surface area (Å²) in [5.41, 5.74) is 1.90. The smallest absolute Gasteiger partial charge is 0.338 e. The lowest BCUT2D eigenvalue weighted by Gasteiger charge is -2.08. The molecule has 1 unspecified atom stereocenters. The Hall–Kier alpha value is -3.56. The molecular weight excluding hydrogens is 482 g/mol. The molecule has 0 amide bonds. The molecule has 0 saturated heterocycles. The average molecular weight is 504 g/mol. The van der Waals surface area contributed by atoms with Crippen LogP contribution in [0.4, 0.5) is 10.8 Å². The molecule has 0 spiro atoms. The molecule has 0 radical (unpaired) electrons. The molecule has 0 saturated carbocycles. The number of benzene rings is 1. The fourth-order valence-corrected chi connectivity index (χ4v) is 4.15. The van der Waals surface area contributed by atoms with Crippen molar-refractivity contribution in [3.05, 3.63) is 41.5 Å². The van der Waals surface area contributed by atoms with Crippen LogP contribution in [-0.4, -0.2) is 63.5 Å². The number of rotatable bonds is 8. The van der Waals surface area contributed by atoms with E-state index in [9.17, 15) is 13.2 Å². The monoisotopic (exact) mass is 503 g/mol. The number of carbonyl (C=O) groups is 1. The highest BCUT2D eigenvalue weighted by atomic mass is 32.2. The summed E-state index contributed by atoms with van der Waals surface area (Å²) in [7, 11) is -2.05. The summed E-state index contributed by atoms with van der Waals surface area (Å²) in [6.07, 6.45) is 1.09. The van der Waals surface area contributed by atoms with Crippen molar-refractivity contribution in [2.24, 2.45) is 10.2 Å². The number of aromatic nitrogens is 6. The summed E-state index contributed by atoms with van der Waals surface area (Å²) < 4.78 is 35.7. The summed E-state index contributed by atoms with van der Waals surface area (Å²) in [6, 6.07) is 6.83. The Morgan fingerprint density at radius 1 is 1.29 bits per heavy atom. The number of methoxy groups -OCH3 is 1. The summed E-state index contributed by atoms with van der Waals surface area (Å²) in [5, 5.41) is 17.9. The highest BCUT2D eigenvalue weighted by Gasteiger charge is 2.24. The maximum atomic E-state index is 12.3. The maximum Gasteiger partial charge on any atom is 0.338 e. The molecular formula is C19H21N9O4S2. The lowest BCUT2D eigenvalue weighted by Crippen LogP contribution is -2.26. The van der Waals surface area contributed by atoms with E-state index in [1.54, 1.807) is 31.2 Å². The minimum atomic E-state index is -3.35. The number of aryl methyl sites for hydroxylation is 1. The van der Waals surface area contributed by atoms with E-state index < -0.39 is 16.0 Å². The van der Waals surface area contributed by atoms with Crippen molar-refractivity contribution >= 4 is 44.0 Å². The zero-order chi connectivity index (χ0) is 24.5. The summed E-state index contributed by atoms with van der Waals surface area (Å²) in [4.78, 5) is 19.7. The fraction of sp³-hybridized carbons (Fsp3) is 0.316. The number of nitrogens with zero attached hydrogens (tertiary/aromatic N) is 7. The number of fused-ring (bicyclic) bond motifs is 1. The summed E-state index contributed by atoms with van der Waals surface area (Å²) >= 11 is 1.10. The number of carbonyl (C=O) groups excluding carboxylic acids is 1. The molecule has 34 heavy (non-hydrogen) atoms. The molecule has 0 bridgehead atoms. The minimum Gasteiger partial charge on any atom is -0.465 e. The number of hydrogen-bond donors (Lipinski definition) is 2. The van der Waals surface area contributed by atoms with Gasteiger partial charge in [-0.1, -0.05) is 25.1 Å². The van der Waals surface area contributed by atoms with E-state index in [0.717, 1.165) is 17.8 Å². The van der Waals surface area contributed by atoms with Crippen molar-refractivity contribution in [2.45, 2.75) is 19.8 Å². The molecule has 13 nitrogen and oxygen atoms in total. The van der Waals surface area contributed by atoms with Gasteiger partial charge in [-0.05, 0) is 13.0 Å². The van der Waals surface area contributed by atoms with Crippen molar-refractivity contribution in [2.75, 3.05) is 19.9 Å². The Bertz CT molecular complexity index is 1490. The van der Waals surface area contributed by atoms with Gasteiger partial charge in [0.25, 0.3) is 0 Å². The van der Waals surface area contributed by atoms with Gasteiger partial charge < -0.3 is 9.72 Å². The Morgan fingerprint density at radius 3 is 2.74 bits per heavy atom. The van der Waals surface area contributed by atoms with Crippen molar-refractivity contribution in [1.82, 2.24) is 33.9 Å². The number of aromatic amines is 1. The molecule has 3 aromatic heterocycles. The van der Waals surface area contributed by atoms with Crippen LogP contribution in [0, 0.1) is 6.92 Å². The van der Waals surface area contributed by atoms with Crippen LogP contribution < -0.4 is 4.72 Å². The third-order valence-corrected chi connectivity index (χ3v) is 6.13. The second-order valence-corrected chi connectivity index (χ2v) is 9.99. The van der Waals surface area contributed by atoms with Gasteiger partial charge in [0.2, 0.25) is 15.2 Å². The number of azo groups is 1. The number of H-pyrrole nitrogens is 1. The third kappa shape index (κ3) is 5.00. The summed E-state index contributed by atoms with van der Waals surface area (Å²) in [5.74, 6) is 0.267. The zero-order valence-corrected chi connectivity index (χ0v) is 20.3. The van der Waals surface area contributed by atoms with Gasteiger partial charge in [-0.25, -0.2) is 22.9 Å². The van der Waals surface area contributed by atoms with Crippen LogP contribution in [0.5, 0.6) is 0 Å². The SMILES string of the molecule is COC(=O)c1ccccc1-c1nn2nc(C(C)CNS(C)(=O)=O)[nH]c2c1/N=N/c1nc(C)ns1. The van der Waals surface area contributed by atoms with Crippen molar-refractivity contribution in [3.63, 3.8) is 0 Å². The van der Waals surface area contributed by atoms with E-state index in [2.05, 4.69) is 39.5 Å². The topological polar surface area (TPSA) is 169 Å². The first-order chi connectivity index (χ1) is 16.2. The largest absolute Gasteiger partial charge is 0.465 e. The number of hydrogen-bond acceptors (Lipinski definition) is 11. The quantitative estimate of drug-likeness (QED) is 0.273. The number of sulfonamides is 1. The van der Waals surface area contributed by atoms with E-state index >= 15 is 0 Å². The Morgan fingerprint density at radius 2 is 2.06 bits per heavy atom. The van der Waals surface area contributed by atoms with Crippen molar-refractivity contribution < 1.29 is 17.9 Å². The van der Waals surface area contributed by atoms with E-state index in [4.69, 9.17) is 4.74 Å². The van der Waals surface area contributed by atoms with Gasteiger partial charge in [0, 0.05) is 29.6 Å². The third-order valence-electron chi connectivity index (χ3n) is 4.75. The lowest BCUT2D eigenvalue weighted by molar-refractivity contribution is 0.0601. The van der Waals surface area contributed by atoms with Gasteiger partial charge in [0.15, 0.2) is 11.3 Å². The lowest BCUT2D eigenvalue weighted by atomic mass is 10.0. The van der Waals surface area contributed by atoms with Crippen molar-refractivity contribution in [1.29, 1.82) is 0 Å². The number of esters is 1. The fourth-order valence-electron chi connectivity index (χ4n) is 3.10. The summed E-state index contributed by atoms with van der Waals surface area (Å²) in [6.45, 7) is 3.71. The Kier molecular flexibility index (Phi) is 6.49. The molecule has 0 aliphatic carbocycles. The zero-order valence-electron chi connectivity index (χ0n) is 18.7. The molecule has 4 aromatic rings. The maximum absolute atomic E-state index is 12.3. The molecule has 15 heteroatoms. The van der Waals surface area contributed by atoms with Gasteiger partial charge in [0.1, 0.15) is 17.3 Å². The van der Waals surface area contributed by atoms with Crippen LogP contribution in [0.1, 0.15) is 34.8 Å². The predicted octanol–water partition coefficient (Wildman–Crippen LogP) is 2.74. The predicted molar refractivity (Wildman–Crippen MR) is 124 cm³/mol. The standard InChI is InChI=1S/C19H21N9O4S2/c1-10(9-20-34(4,30)31)16-22-17-15(23-24-19-21-11(2)27-33-19)14(25-28(17)26-16)12-7-5-6-8-13(12)18(29)32-3/h5-8,10,20H,9H2,1-4H3,(H,22,26)/b24-23+. The molecule has 4 rings (SSSR count). The second-order valence-electron chi connectivity index (χ2n) is 7.43. The second kappa shape index (κ2) is 9.36. The van der Waals surface area contributed by atoms with Gasteiger partial charge in [-0.3, -0.25) is 0 Å². The van der Waals surface area contributed by atoms with Crippen LogP contribution in [0.25, 0.3) is 16.9 Å². The first-order valence-corrected chi connectivity index (χ1v) is 12.7. The van der Waals surface area contributed by atoms with E-state index in [0.29, 0.717) is 44.9 Å². The van der Waals surface area contributed by atoms with E-state index in [1.165, 1.54) is 11.7 Å². The molecule has 0 aliphatic rings. The van der Waals surface area contributed by atoms with Gasteiger partial charge in [-0.15, -0.1) is 25.1 Å². The van der Waals surface area contributed by atoms with Crippen molar-refractivity contribution in [3.8, 4) is 11.3 Å². The van der Waals surface area contributed by atoms with Gasteiger partial charge in [-0.2, -0.15) is 4.37 Å². The van der Waals surface area contributed by atoms with Gasteiger partial charge in [0.05, 0.1) is 18.9 Å². The highest BCUT2D eigenvalue weighted by Crippen LogP contribution is 2.36. The van der Waals surface area contributed by atoms with Crippen LogP contribution in [-0.2, 0) is 14.8 Å². The molecule has 0 fully saturated rings. The molecule has 1 atom stereocenters. The molecule has 1 aromatic carbocycles. The minimum absolute atomic E-state index is 0.147. The molecule has 0 aliphatic heterocycles. The molecule has 2 N–H and O–H groups in total. The van der Waals surface area contributed by atoms with E-state index in [1.807, 2.05) is 6.92 Å². The Balaban J connectivity index is 1.82. The average Bonchev–Trinajstić information content (AvgIpc) is 3.49. The van der Waals surface area contributed by atoms with Gasteiger partial charge >= 0.3 is 5.97 Å². The van der Waals surface area contributed by atoms with E-state index in [-0.39, 0.29) is 12.5 Å². The molecule has 178 valence electrons. The highest BCUT2D eigenvalue weighted by molar-refractivity contribution is 7.88. The van der Waals surface area contributed by atoms with Crippen LogP contribution in [0.15, 0.2) is 34.5 Å². The normalized spacial score (nSPS) is 13.1. The van der Waals surface area contributed by atoms with Crippen LogP contribution >= 0.6 is 11.5 Å². The first kappa shape index (κ1) is 23.6. The van der Waals surface area contributed by atoms with Crippen LogP contribution in [0.3, 0.4) is 0 Å². The number of nitrogens with one attached hydrogen (secondary N) is 2. The van der Waals surface area contributed by atoms with Crippen LogP contribution in [0.2, 0.25) is 0 Å². The Labute approximate surface area is 198 Å². The molecule has 3 heterocycles.